The number of carbonyl (C=O) groups excluding carboxylic acids is 1. The van der Waals surface area contributed by atoms with Gasteiger partial charge < -0.3 is 14.2 Å². The zero-order valence-electron chi connectivity index (χ0n) is 13.8. The van der Waals surface area contributed by atoms with Crippen LogP contribution in [0, 0.1) is 0 Å². The zero-order chi connectivity index (χ0) is 17.6. The van der Waals surface area contributed by atoms with Crippen LogP contribution in [0.25, 0.3) is 6.08 Å². The Balaban J connectivity index is 1.88. The Kier molecular flexibility index (Phi) is 4.95. The van der Waals surface area contributed by atoms with Crippen molar-refractivity contribution in [2.24, 2.45) is 4.99 Å². The number of benzene rings is 2. The molecule has 0 radical (unpaired) electrons. The highest BCUT2D eigenvalue weighted by molar-refractivity contribution is 6.12. The van der Waals surface area contributed by atoms with Gasteiger partial charge in [-0.25, -0.2) is 9.79 Å². The lowest BCUT2D eigenvalue weighted by atomic mass is 10.1. The first-order valence-electron chi connectivity index (χ1n) is 7.71. The first-order chi connectivity index (χ1) is 12.2. The third-order valence-electron chi connectivity index (χ3n) is 3.49. The molecule has 3 rings (SSSR count). The first kappa shape index (κ1) is 16.5. The largest absolute Gasteiger partial charge is 0.493 e. The molecule has 0 saturated heterocycles. The molecular weight excluding hydrogens is 318 g/mol. The van der Waals surface area contributed by atoms with Crippen LogP contribution in [-0.4, -0.2) is 25.6 Å². The van der Waals surface area contributed by atoms with Gasteiger partial charge in [0.15, 0.2) is 17.2 Å². The Morgan fingerprint density at radius 2 is 1.96 bits per heavy atom. The average molecular weight is 335 g/mol. The topological polar surface area (TPSA) is 57.1 Å². The molecular formula is C20H17NO4. The lowest BCUT2D eigenvalue weighted by Crippen LogP contribution is -2.04. The summed E-state index contributed by atoms with van der Waals surface area (Å²) in [6.07, 6.45) is 3.31. The molecule has 0 fully saturated rings. The van der Waals surface area contributed by atoms with Crippen molar-refractivity contribution in [1.29, 1.82) is 0 Å². The van der Waals surface area contributed by atoms with Crippen molar-refractivity contribution in [2.45, 2.75) is 0 Å². The third-order valence-corrected chi connectivity index (χ3v) is 3.49. The second kappa shape index (κ2) is 7.49. The maximum Gasteiger partial charge on any atom is 0.363 e. The van der Waals surface area contributed by atoms with Crippen LogP contribution < -0.4 is 9.47 Å². The van der Waals surface area contributed by atoms with Crippen molar-refractivity contribution in [2.75, 3.05) is 13.7 Å². The van der Waals surface area contributed by atoms with Gasteiger partial charge in [-0.3, -0.25) is 0 Å². The van der Waals surface area contributed by atoms with E-state index in [1.807, 2.05) is 36.4 Å². The first-order valence-corrected chi connectivity index (χ1v) is 7.71. The monoisotopic (exact) mass is 335 g/mol. The van der Waals surface area contributed by atoms with E-state index in [0.29, 0.717) is 24.0 Å². The Morgan fingerprint density at radius 1 is 1.16 bits per heavy atom. The lowest BCUT2D eigenvalue weighted by Gasteiger charge is -2.09. The fourth-order valence-electron chi connectivity index (χ4n) is 2.31. The van der Waals surface area contributed by atoms with E-state index < -0.39 is 5.97 Å². The van der Waals surface area contributed by atoms with Crippen molar-refractivity contribution in [3.8, 4) is 11.5 Å². The molecule has 0 saturated carbocycles. The molecule has 1 heterocycles. The maximum atomic E-state index is 12.1. The average Bonchev–Trinajstić information content (AvgIpc) is 3.02. The molecule has 126 valence electrons. The second-order valence-electron chi connectivity index (χ2n) is 5.21. The molecule has 5 nitrogen and oxygen atoms in total. The fourth-order valence-corrected chi connectivity index (χ4v) is 2.31. The zero-order valence-corrected chi connectivity index (χ0v) is 13.8. The summed E-state index contributed by atoms with van der Waals surface area (Å²) in [4.78, 5) is 16.3. The van der Waals surface area contributed by atoms with Gasteiger partial charge in [0.05, 0.1) is 7.11 Å². The SMILES string of the molecule is C=CCOc1ccc(/C=C2/N=C(c3ccccc3)OC2=O)cc1OC. The van der Waals surface area contributed by atoms with Gasteiger partial charge >= 0.3 is 5.97 Å². The number of ether oxygens (including phenoxy) is 3. The molecule has 5 heteroatoms. The molecule has 0 unspecified atom stereocenters. The maximum absolute atomic E-state index is 12.1. The number of rotatable bonds is 6. The van der Waals surface area contributed by atoms with Gasteiger partial charge in [0.2, 0.25) is 5.90 Å². The number of aliphatic imine (C=N–C) groups is 1. The van der Waals surface area contributed by atoms with Gasteiger partial charge in [-0.15, -0.1) is 0 Å². The van der Waals surface area contributed by atoms with Gasteiger partial charge in [-0.05, 0) is 35.9 Å². The molecule has 1 aliphatic heterocycles. The highest BCUT2D eigenvalue weighted by Gasteiger charge is 2.24. The standard InChI is InChI=1S/C20H17NO4/c1-3-11-24-17-10-9-14(13-18(17)23-2)12-16-20(22)25-19(21-16)15-7-5-4-6-8-15/h3-10,12-13H,1,11H2,2H3/b16-12+. The normalized spacial score (nSPS) is 14.8. The van der Waals surface area contributed by atoms with Crippen LogP contribution in [-0.2, 0) is 9.53 Å². The highest BCUT2D eigenvalue weighted by Crippen LogP contribution is 2.29. The van der Waals surface area contributed by atoms with Crippen molar-refractivity contribution in [3.05, 3.63) is 78.0 Å². The van der Waals surface area contributed by atoms with Crippen LogP contribution in [0.4, 0.5) is 0 Å². The van der Waals surface area contributed by atoms with Crippen molar-refractivity contribution < 1.29 is 19.0 Å². The van der Waals surface area contributed by atoms with Gasteiger partial charge in [-0.2, -0.15) is 0 Å². The van der Waals surface area contributed by atoms with Crippen LogP contribution in [0.3, 0.4) is 0 Å². The van der Waals surface area contributed by atoms with E-state index in [0.717, 1.165) is 11.1 Å². The second-order valence-corrected chi connectivity index (χ2v) is 5.21. The summed E-state index contributed by atoms with van der Waals surface area (Å²) in [5.41, 5.74) is 1.75. The molecule has 0 aliphatic carbocycles. The number of hydrogen-bond donors (Lipinski definition) is 0. The molecule has 0 N–H and O–H groups in total. The van der Waals surface area contributed by atoms with E-state index in [1.165, 1.54) is 0 Å². The van der Waals surface area contributed by atoms with E-state index >= 15 is 0 Å². The van der Waals surface area contributed by atoms with Gasteiger partial charge in [0.25, 0.3) is 0 Å². The van der Waals surface area contributed by atoms with Crippen LogP contribution in [0.5, 0.6) is 11.5 Å². The minimum Gasteiger partial charge on any atom is -0.493 e. The van der Waals surface area contributed by atoms with Crippen LogP contribution in [0.1, 0.15) is 11.1 Å². The van der Waals surface area contributed by atoms with E-state index in [9.17, 15) is 4.79 Å². The van der Waals surface area contributed by atoms with Crippen molar-refractivity contribution in [1.82, 2.24) is 0 Å². The summed E-state index contributed by atoms with van der Waals surface area (Å²) in [6, 6.07) is 14.6. The molecule has 0 spiro atoms. The van der Waals surface area contributed by atoms with E-state index in [-0.39, 0.29) is 5.70 Å². The third kappa shape index (κ3) is 3.77. The van der Waals surface area contributed by atoms with Gasteiger partial charge in [0, 0.05) is 5.56 Å². The fraction of sp³-hybridized carbons (Fsp3) is 0.100. The molecule has 2 aromatic rings. The summed E-state index contributed by atoms with van der Waals surface area (Å²) in [7, 11) is 1.56. The van der Waals surface area contributed by atoms with Crippen molar-refractivity contribution >= 4 is 17.9 Å². The molecule has 0 amide bonds. The Morgan fingerprint density at radius 3 is 2.68 bits per heavy atom. The molecule has 0 aromatic heterocycles. The summed E-state index contributed by atoms with van der Waals surface area (Å²) in [6.45, 7) is 4.00. The van der Waals surface area contributed by atoms with E-state index in [4.69, 9.17) is 14.2 Å². The predicted octanol–water partition coefficient (Wildman–Crippen LogP) is 3.60. The van der Waals surface area contributed by atoms with E-state index in [1.54, 1.807) is 31.4 Å². The Hall–Kier alpha value is -3.34. The van der Waals surface area contributed by atoms with Gasteiger partial charge in [-0.1, -0.05) is 36.9 Å². The highest BCUT2D eigenvalue weighted by atomic mass is 16.6. The predicted molar refractivity (Wildman–Crippen MR) is 95.7 cm³/mol. The van der Waals surface area contributed by atoms with Crippen LogP contribution in [0.15, 0.2) is 71.9 Å². The number of methoxy groups -OCH3 is 1. The number of hydrogen-bond acceptors (Lipinski definition) is 5. The number of esters is 1. The summed E-state index contributed by atoms with van der Waals surface area (Å²) in [5, 5.41) is 0. The minimum atomic E-state index is -0.482. The van der Waals surface area contributed by atoms with Gasteiger partial charge in [0.1, 0.15) is 6.61 Å². The summed E-state index contributed by atoms with van der Waals surface area (Å²) in [5.74, 6) is 0.987. The minimum absolute atomic E-state index is 0.237. The molecule has 0 atom stereocenters. The number of cyclic esters (lactones) is 1. The summed E-state index contributed by atoms with van der Waals surface area (Å²) >= 11 is 0. The van der Waals surface area contributed by atoms with Crippen LogP contribution in [0.2, 0.25) is 0 Å². The summed E-state index contributed by atoms with van der Waals surface area (Å²) < 4.78 is 16.1. The smallest absolute Gasteiger partial charge is 0.363 e. The Bertz CT molecular complexity index is 853. The molecule has 25 heavy (non-hydrogen) atoms. The van der Waals surface area contributed by atoms with Crippen LogP contribution >= 0.6 is 0 Å². The number of nitrogens with zero attached hydrogens (tertiary/aromatic N) is 1. The quantitative estimate of drug-likeness (QED) is 0.460. The molecule has 1 aliphatic rings. The molecule has 2 aromatic carbocycles. The lowest BCUT2D eigenvalue weighted by molar-refractivity contribution is -0.129. The molecule has 0 bridgehead atoms. The Labute approximate surface area is 145 Å². The number of carbonyl (C=O) groups is 1. The van der Waals surface area contributed by atoms with E-state index in [2.05, 4.69) is 11.6 Å². The van der Waals surface area contributed by atoms with Crippen molar-refractivity contribution in [3.63, 3.8) is 0 Å².